The van der Waals surface area contributed by atoms with Crippen molar-refractivity contribution in [2.24, 2.45) is 16.1 Å². The number of aliphatic hydroxyl groups excluding tert-OH is 2. The van der Waals surface area contributed by atoms with E-state index in [-0.39, 0.29) is 42.9 Å². The molecule has 2 aliphatic heterocycles. The Morgan fingerprint density at radius 2 is 1.85 bits per heavy atom. The van der Waals surface area contributed by atoms with Crippen molar-refractivity contribution in [3.05, 3.63) is 12.0 Å². The lowest BCUT2D eigenvalue weighted by molar-refractivity contribution is -0.137. The molecule has 274 valence electrons. The maximum atomic E-state index is 12.6. The number of aliphatic imine (C=N–C) groups is 1. The maximum absolute atomic E-state index is 12.6. The first kappa shape index (κ1) is 40.4. The number of nitrogens with two attached hydrogens (primary N) is 1. The van der Waals surface area contributed by atoms with Crippen molar-refractivity contribution >= 4 is 59.6 Å². The van der Waals surface area contributed by atoms with Crippen LogP contribution in [0.5, 0.6) is 0 Å². The predicted octanol–water partition coefficient (Wildman–Crippen LogP) is -2.10. The van der Waals surface area contributed by atoms with Gasteiger partial charge in [0.05, 0.1) is 19.5 Å². The Hall–Kier alpha value is -1.98. The molecule has 1 fully saturated rings. The Morgan fingerprint density at radius 3 is 2.50 bits per heavy atom. The second kappa shape index (κ2) is 16.4. The van der Waals surface area contributed by atoms with E-state index in [4.69, 9.17) is 19.5 Å². The first-order chi connectivity index (χ1) is 22.2. The normalized spacial score (nSPS) is 24.4. The van der Waals surface area contributed by atoms with Gasteiger partial charge in [-0.15, -0.1) is 0 Å². The van der Waals surface area contributed by atoms with Crippen LogP contribution in [-0.2, 0) is 45.9 Å². The van der Waals surface area contributed by atoms with Crippen molar-refractivity contribution in [3.63, 3.8) is 0 Å². The number of phosphoric ester groups is 3. The van der Waals surface area contributed by atoms with E-state index in [2.05, 4.69) is 47.4 Å². The van der Waals surface area contributed by atoms with Gasteiger partial charge in [-0.3, -0.25) is 27.7 Å². The number of nitrogens with zero attached hydrogens (tertiary/aromatic N) is 3. The molecule has 0 aliphatic carbocycles. The first-order valence-corrected chi connectivity index (χ1v) is 19.0. The molecule has 2 aliphatic rings. The summed E-state index contributed by atoms with van der Waals surface area (Å²) in [7, 11) is -16.3. The summed E-state index contributed by atoms with van der Waals surface area (Å²) in [5.74, 6) is -0.631. The molecule has 0 radical (unpaired) electrons. The molecular formula is C21H38N7O16P3S. The summed E-state index contributed by atoms with van der Waals surface area (Å²) in [5.41, 5.74) is 4.40. The van der Waals surface area contributed by atoms with Gasteiger partial charge in [-0.25, -0.2) is 23.7 Å². The van der Waals surface area contributed by atoms with Crippen molar-refractivity contribution in [2.45, 2.75) is 50.9 Å². The molecule has 3 rings (SSSR count). The Kier molecular flexibility index (Phi) is 13.8. The minimum atomic E-state index is -5.53. The number of aromatic nitrogens is 2. The summed E-state index contributed by atoms with van der Waals surface area (Å²) < 4.78 is 61.9. The molecular weight excluding hydrogens is 731 g/mol. The maximum Gasteiger partial charge on any atom is 0.481 e. The molecule has 0 aromatic carbocycles. The van der Waals surface area contributed by atoms with Crippen LogP contribution in [0, 0.1) is 5.41 Å². The third kappa shape index (κ3) is 11.3. The molecule has 1 saturated heterocycles. The number of amidine groups is 1. The van der Waals surface area contributed by atoms with Crippen LogP contribution in [0.2, 0.25) is 0 Å². The average molecular weight is 770 g/mol. The summed E-state index contributed by atoms with van der Waals surface area (Å²) in [4.78, 5) is 70.9. The highest BCUT2D eigenvalue weighted by Gasteiger charge is 2.50. The number of carbonyl (C=O) groups excluding carboxylic acids is 2. The second-order valence-corrected chi connectivity index (χ2v) is 15.6. The number of rotatable bonds is 18. The van der Waals surface area contributed by atoms with Gasteiger partial charge in [-0.1, -0.05) is 13.8 Å². The van der Waals surface area contributed by atoms with Gasteiger partial charge in [0.15, 0.2) is 6.23 Å². The Morgan fingerprint density at radius 1 is 1.19 bits per heavy atom. The monoisotopic (exact) mass is 769 g/mol. The Labute approximate surface area is 278 Å². The molecule has 11 N–H and O–H groups in total. The summed E-state index contributed by atoms with van der Waals surface area (Å²) in [5, 5.41) is 29.0. The molecule has 0 spiro atoms. The van der Waals surface area contributed by atoms with E-state index >= 15 is 0 Å². The number of phosphoric acid groups is 3. The number of hydrogen-bond acceptors (Lipinski definition) is 17. The number of nitrogens with one attached hydrogen (secondary N) is 3. The molecule has 1 aromatic heterocycles. The minimum Gasteiger partial charge on any atom is -0.386 e. The van der Waals surface area contributed by atoms with Gasteiger partial charge in [0.2, 0.25) is 11.8 Å². The van der Waals surface area contributed by atoms with Crippen LogP contribution in [0.15, 0.2) is 11.3 Å². The highest BCUT2D eigenvalue weighted by Crippen LogP contribution is 2.61. The smallest absolute Gasteiger partial charge is 0.386 e. The number of amides is 2. The topological polar surface area (TPSA) is 345 Å². The quantitative estimate of drug-likeness (QED) is 0.0562. The highest BCUT2D eigenvalue weighted by atomic mass is 32.1. The molecule has 0 saturated carbocycles. The third-order valence-electron chi connectivity index (χ3n) is 6.66. The van der Waals surface area contributed by atoms with E-state index in [1.165, 1.54) is 24.7 Å². The lowest BCUT2D eigenvalue weighted by Crippen LogP contribution is -2.46. The van der Waals surface area contributed by atoms with Crippen molar-refractivity contribution < 1.29 is 75.7 Å². The lowest BCUT2D eigenvalue weighted by Gasteiger charge is -2.30. The number of aliphatic hydroxyl groups is 2. The SMILES string of the molecule is CC(C)(COP(=O)(O)OP(=O)(O)OC[C@H]1O[C@@H](n2cnc3c2NCN=C3N)[C@H](O)[C@@H]1OP(=O)(O)O)[C@@H](O)C(=O)NCCC(=O)NCCS. The summed E-state index contributed by atoms with van der Waals surface area (Å²) >= 11 is 3.95. The number of ether oxygens (including phenoxy) is 1. The molecule has 1 aromatic rings. The van der Waals surface area contributed by atoms with E-state index < -0.39 is 78.6 Å². The third-order valence-corrected chi connectivity index (χ3v) is 9.98. The molecule has 48 heavy (non-hydrogen) atoms. The van der Waals surface area contributed by atoms with E-state index in [0.717, 1.165) is 0 Å². The highest BCUT2D eigenvalue weighted by molar-refractivity contribution is 7.80. The number of carbonyl (C=O) groups is 2. The molecule has 3 heterocycles. The van der Waals surface area contributed by atoms with Gasteiger partial charge in [-0.2, -0.15) is 16.9 Å². The van der Waals surface area contributed by atoms with Crippen molar-refractivity contribution in [2.75, 3.05) is 44.0 Å². The van der Waals surface area contributed by atoms with E-state index in [9.17, 15) is 53.1 Å². The zero-order valence-electron chi connectivity index (χ0n) is 25.4. The van der Waals surface area contributed by atoms with Crippen LogP contribution in [-0.4, -0.2) is 120 Å². The molecule has 27 heteroatoms. The number of imidazole rings is 1. The number of thiol groups is 1. The summed E-state index contributed by atoms with van der Waals surface area (Å²) in [6, 6.07) is 0. The average Bonchev–Trinajstić information content (AvgIpc) is 3.54. The number of anilines is 1. The van der Waals surface area contributed by atoms with E-state index in [1.54, 1.807) is 0 Å². The Bertz CT molecular complexity index is 1490. The van der Waals surface area contributed by atoms with Crippen LogP contribution in [0.4, 0.5) is 5.82 Å². The minimum absolute atomic E-state index is 0.0251. The number of fused-ring (bicyclic) bond motifs is 1. The predicted molar refractivity (Wildman–Crippen MR) is 165 cm³/mol. The second-order valence-electron chi connectivity index (χ2n) is 10.9. The fourth-order valence-corrected chi connectivity index (χ4v) is 7.21. The van der Waals surface area contributed by atoms with Gasteiger partial charge in [0, 0.05) is 30.7 Å². The van der Waals surface area contributed by atoms with Gasteiger partial charge < -0.3 is 56.2 Å². The Balaban J connectivity index is 1.59. The van der Waals surface area contributed by atoms with Crippen LogP contribution >= 0.6 is 36.1 Å². The van der Waals surface area contributed by atoms with Crippen LogP contribution in [0.3, 0.4) is 0 Å². The lowest BCUT2D eigenvalue weighted by atomic mass is 9.87. The standard InChI is InChI=1S/C21H38N7O16P3S/c1-21(2,16(31)19(32)24-4-3-12(29)23-5-6-48)8-41-47(38,39)44-46(36,37)40-7-11-15(43-45(33,34)35)14(30)20(42-11)28-10-27-13-17(22)25-9-26-18(13)28/h10-11,14-16,20,26,30-31,48H,3-9H2,1-2H3,(H2,22,25)(H,23,29)(H,24,32)(H,36,37)(H,38,39)(H2,33,34,35)/t11-,14-,15-,16+,20-/m1/s1. The van der Waals surface area contributed by atoms with E-state index in [0.29, 0.717) is 12.3 Å². The van der Waals surface area contributed by atoms with Crippen LogP contribution < -0.4 is 21.7 Å². The van der Waals surface area contributed by atoms with Gasteiger partial charge in [-0.05, 0) is 0 Å². The summed E-state index contributed by atoms with van der Waals surface area (Å²) in [6.07, 6.45) is -7.62. The van der Waals surface area contributed by atoms with Gasteiger partial charge in [0.1, 0.15) is 48.4 Å². The fourth-order valence-electron chi connectivity index (χ4n) is 4.27. The summed E-state index contributed by atoms with van der Waals surface area (Å²) in [6.45, 7) is 0.785. The van der Waals surface area contributed by atoms with Crippen molar-refractivity contribution in [1.82, 2.24) is 20.2 Å². The molecule has 2 amide bonds. The van der Waals surface area contributed by atoms with Crippen LogP contribution in [0.25, 0.3) is 0 Å². The number of hydrogen-bond donors (Lipinski definition) is 11. The van der Waals surface area contributed by atoms with Crippen molar-refractivity contribution in [1.29, 1.82) is 0 Å². The molecule has 23 nitrogen and oxygen atoms in total. The first-order valence-electron chi connectivity index (χ1n) is 13.8. The van der Waals surface area contributed by atoms with Crippen LogP contribution in [0.1, 0.15) is 32.2 Å². The van der Waals surface area contributed by atoms with Crippen molar-refractivity contribution in [3.8, 4) is 0 Å². The molecule has 2 unspecified atom stereocenters. The van der Waals surface area contributed by atoms with Gasteiger partial charge >= 0.3 is 23.5 Å². The largest absolute Gasteiger partial charge is 0.481 e. The molecule has 7 atom stereocenters. The van der Waals surface area contributed by atoms with E-state index in [1.807, 2.05) is 0 Å². The molecule has 0 bridgehead atoms. The van der Waals surface area contributed by atoms with Gasteiger partial charge in [0.25, 0.3) is 0 Å². The zero-order chi connectivity index (χ0) is 36.1. The fraction of sp³-hybridized carbons (Fsp3) is 0.714. The zero-order valence-corrected chi connectivity index (χ0v) is 29.0.